The van der Waals surface area contributed by atoms with Crippen molar-refractivity contribution in [3.8, 4) is 11.5 Å². The Morgan fingerprint density at radius 3 is 2.67 bits per heavy atom. The first-order valence-corrected chi connectivity index (χ1v) is 7.62. The maximum Gasteiger partial charge on any atom is 0.449 e. The molecule has 0 saturated heterocycles. The van der Waals surface area contributed by atoms with Crippen LogP contribution in [0.3, 0.4) is 0 Å². The summed E-state index contributed by atoms with van der Waals surface area (Å²) in [6, 6.07) is 10.1. The summed E-state index contributed by atoms with van der Waals surface area (Å²) in [5.41, 5.74) is 2.48. The Balaban J connectivity index is 1.80. The molecule has 3 rings (SSSR count). The van der Waals surface area contributed by atoms with Crippen molar-refractivity contribution < 1.29 is 28.2 Å². The number of nitrogens with zero attached hydrogens (tertiary/aromatic N) is 3. The standard InChI is InChI=1S/C17H13F3N4O3/c18-17(19,20)16-22-11-5-1-2-6-12(11)24(16)9-14(26)23-21-8-10-4-3-7-13(25)15(10)27/h1-8,25,27H,9H2,(H,23,26). The number of para-hydroxylation sites is 3. The zero-order valence-corrected chi connectivity index (χ0v) is 13.6. The summed E-state index contributed by atoms with van der Waals surface area (Å²) < 4.78 is 40.3. The number of amides is 1. The van der Waals surface area contributed by atoms with Crippen LogP contribution in [0.4, 0.5) is 13.2 Å². The number of rotatable bonds is 4. The first kappa shape index (κ1) is 18.2. The molecular formula is C17H13F3N4O3. The quantitative estimate of drug-likeness (QED) is 0.369. The zero-order chi connectivity index (χ0) is 19.6. The van der Waals surface area contributed by atoms with Gasteiger partial charge >= 0.3 is 6.18 Å². The summed E-state index contributed by atoms with van der Waals surface area (Å²) in [7, 11) is 0. The molecule has 1 heterocycles. The predicted octanol–water partition coefficient (Wildman–Crippen LogP) is 2.62. The van der Waals surface area contributed by atoms with E-state index in [1.165, 1.54) is 30.3 Å². The molecule has 0 saturated carbocycles. The van der Waals surface area contributed by atoms with Gasteiger partial charge in [0, 0.05) is 5.56 Å². The number of aromatic nitrogens is 2. The van der Waals surface area contributed by atoms with E-state index in [1.807, 2.05) is 0 Å². The van der Waals surface area contributed by atoms with Gasteiger partial charge in [-0.1, -0.05) is 18.2 Å². The average molecular weight is 378 g/mol. The van der Waals surface area contributed by atoms with Crippen molar-refractivity contribution in [2.75, 3.05) is 0 Å². The van der Waals surface area contributed by atoms with Crippen molar-refractivity contribution >= 4 is 23.2 Å². The minimum absolute atomic E-state index is 0.116. The molecule has 0 bridgehead atoms. The molecule has 140 valence electrons. The van der Waals surface area contributed by atoms with E-state index in [0.717, 1.165) is 10.8 Å². The molecule has 3 aromatic rings. The zero-order valence-electron chi connectivity index (χ0n) is 13.6. The lowest BCUT2D eigenvalue weighted by Gasteiger charge is -2.10. The number of halogens is 3. The monoisotopic (exact) mass is 378 g/mol. The van der Waals surface area contributed by atoms with Crippen LogP contribution in [0.2, 0.25) is 0 Å². The highest BCUT2D eigenvalue weighted by Crippen LogP contribution is 2.31. The Labute approximate surface area is 150 Å². The fourth-order valence-electron chi connectivity index (χ4n) is 2.46. The summed E-state index contributed by atoms with van der Waals surface area (Å²) in [5, 5.41) is 22.6. The molecule has 0 spiro atoms. The molecule has 0 aliphatic heterocycles. The third kappa shape index (κ3) is 3.84. The van der Waals surface area contributed by atoms with E-state index in [1.54, 1.807) is 12.1 Å². The number of phenolic OH excluding ortho intramolecular Hbond substituents is 2. The SMILES string of the molecule is O=C(Cn1c(C(F)(F)F)nc2ccccc21)NN=Cc1cccc(O)c1O. The number of carbonyl (C=O) groups excluding carboxylic acids is 1. The minimum atomic E-state index is -4.73. The van der Waals surface area contributed by atoms with Crippen LogP contribution in [0.15, 0.2) is 47.6 Å². The van der Waals surface area contributed by atoms with Gasteiger partial charge in [-0.3, -0.25) is 4.79 Å². The largest absolute Gasteiger partial charge is 0.504 e. The lowest BCUT2D eigenvalue weighted by atomic mass is 10.2. The Hall–Kier alpha value is -3.56. The van der Waals surface area contributed by atoms with E-state index in [0.29, 0.717) is 0 Å². The van der Waals surface area contributed by atoms with Crippen LogP contribution in [0, 0.1) is 0 Å². The molecule has 1 aromatic heterocycles. The Bertz CT molecular complexity index is 1030. The molecule has 0 unspecified atom stereocenters. The maximum atomic E-state index is 13.2. The van der Waals surface area contributed by atoms with Crippen LogP contribution in [-0.4, -0.2) is 31.9 Å². The maximum absolute atomic E-state index is 13.2. The molecule has 1 amide bonds. The molecular weight excluding hydrogens is 365 g/mol. The predicted molar refractivity (Wildman–Crippen MR) is 90.2 cm³/mol. The smallest absolute Gasteiger partial charge is 0.449 e. The van der Waals surface area contributed by atoms with E-state index >= 15 is 0 Å². The van der Waals surface area contributed by atoms with Crippen LogP contribution in [0.25, 0.3) is 11.0 Å². The highest BCUT2D eigenvalue weighted by atomic mass is 19.4. The number of phenols is 2. The Kier molecular flexibility index (Phi) is 4.72. The third-order valence-corrected chi connectivity index (χ3v) is 3.65. The number of aromatic hydroxyl groups is 2. The number of carbonyl (C=O) groups is 1. The van der Waals surface area contributed by atoms with Gasteiger partial charge in [-0.2, -0.15) is 18.3 Å². The van der Waals surface area contributed by atoms with Crippen molar-refractivity contribution in [1.82, 2.24) is 15.0 Å². The normalized spacial score (nSPS) is 12.0. The second-order valence-corrected chi connectivity index (χ2v) is 5.52. The van der Waals surface area contributed by atoms with Gasteiger partial charge in [0.15, 0.2) is 11.5 Å². The third-order valence-electron chi connectivity index (χ3n) is 3.65. The van der Waals surface area contributed by atoms with E-state index in [9.17, 15) is 28.2 Å². The molecule has 0 radical (unpaired) electrons. The van der Waals surface area contributed by atoms with Crippen LogP contribution >= 0.6 is 0 Å². The van der Waals surface area contributed by atoms with Gasteiger partial charge in [0.2, 0.25) is 5.82 Å². The van der Waals surface area contributed by atoms with Crippen LogP contribution in [0.5, 0.6) is 11.5 Å². The van der Waals surface area contributed by atoms with Crippen molar-refractivity contribution in [3.63, 3.8) is 0 Å². The van der Waals surface area contributed by atoms with Crippen molar-refractivity contribution in [2.45, 2.75) is 12.7 Å². The second-order valence-electron chi connectivity index (χ2n) is 5.52. The number of benzene rings is 2. The number of hydrazone groups is 1. The van der Waals surface area contributed by atoms with Crippen LogP contribution < -0.4 is 5.43 Å². The number of fused-ring (bicyclic) bond motifs is 1. The highest BCUT2D eigenvalue weighted by Gasteiger charge is 2.37. The topological polar surface area (TPSA) is 99.7 Å². The fourth-order valence-corrected chi connectivity index (χ4v) is 2.46. The first-order valence-electron chi connectivity index (χ1n) is 7.62. The summed E-state index contributed by atoms with van der Waals surface area (Å²) in [6.45, 7) is -0.654. The first-order chi connectivity index (χ1) is 12.8. The highest BCUT2D eigenvalue weighted by molar-refractivity contribution is 5.86. The number of hydrogen-bond donors (Lipinski definition) is 3. The lowest BCUT2D eigenvalue weighted by Crippen LogP contribution is -2.26. The van der Waals surface area contributed by atoms with Gasteiger partial charge in [-0.05, 0) is 24.3 Å². The summed E-state index contributed by atoms with van der Waals surface area (Å²) >= 11 is 0. The summed E-state index contributed by atoms with van der Waals surface area (Å²) in [4.78, 5) is 15.6. The Morgan fingerprint density at radius 1 is 1.19 bits per heavy atom. The molecule has 0 aliphatic rings. The van der Waals surface area contributed by atoms with Crippen LogP contribution in [0.1, 0.15) is 11.4 Å². The number of hydrogen-bond acceptors (Lipinski definition) is 5. The van der Waals surface area contributed by atoms with Crippen LogP contribution in [-0.2, 0) is 17.5 Å². The fraction of sp³-hybridized carbons (Fsp3) is 0.118. The van der Waals surface area contributed by atoms with Gasteiger partial charge in [0.25, 0.3) is 5.91 Å². The van der Waals surface area contributed by atoms with Gasteiger partial charge in [0.05, 0.1) is 17.2 Å². The van der Waals surface area contributed by atoms with E-state index in [2.05, 4.69) is 15.5 Å². The number of imidazole rings is 1. The van der Waals surface area contributed by atoms with Gasteiger partial charge in [-0.25, -0.2) is 10.4 Å². The summed E-state index contributed by atoms with van der Waals surface area (Å²) in [5.74, 6) is -2.81. The molecule has 0 aliphatic carbocycles. The van der Waals surface area contributed by atoms with E-state index in [4.69, 9.17) is 0 Å². The van der Waals surface area contributed by atoms with E-state index < -0.39 is 30.2 Å². The minimum Gasteiger partial charge on any atom is -0.504 e. The molecule has 0 atom stereocenters. The van der Waals surface area contributed by atoms with Crippen molar-refractivity contribution in [3.05, 3.63) is 53.9 Å². The molecule has 10 heteroatoms. The lowest BCUT2D eigenvalue weighted by molar-refractivity contribution is -0.147. The molecule has 3 N–H and O–H groups in total. The Morgan fingerprint density at radius 2 is 1.93 bits per heavy atom. The molecule has 0 fully saturated rings. The van der Waals surface area contributed by atoms with E-state index in [-0.39, 0.29) is 22.3 Å². The average Bonchev–Trinajstić information content (AvgIpc) is 2.98. The van der Waals surface area contributed by atoms with Crippen molar-refractivity contribution in [1.29, 1.82) is 0 Å². The van der Waals surface area contributed by atoms with Gasteiger partial charge in [0.1, 0.15) is 6.54 Å². The second kappa shape index (κ2) is 6.98. The molecule has 2 aromatic carbocycles. The molecule has 7 nitrogen and oxygen atoms in total. The van der Waals surface area contributed by atoms with Gasteiger partial charge < -0.3 is 14.8 Å². The van der Waals surface area contributed by atoms with Crippen molar-refractivity contribution in [2.24, 2.45) is 5.10 Å². The number of alkyl halides is 3. The molecule has 27 heavy (non-hydrogen) atoms. The van der Waals surface area contributed by atoms with Gasteiger partial charge in [-0.15, -0.1) is 0 Å². The summed E-state index contributed by atoms with van der Waals surface area (Å²) in [6.07, 6.45) is -3.67. The number of nitrogens with one attached hydrogen (secondary N) is 1.